The van der Waals surface area contributed by atoms with Gasteiger partial charge in [0.05, 0.1) is 0 Å². The predicted octanol–water partition coefficient (Wildman–Crippen LogP) is -0.354. The Morgan fingerprint density at radius 1 is 1.59 bits per heavy atom. The summed E-state index contributed by atoms with van der Waals surface area (Å²) in [4.78, 5) is 17.3. The molecule has 2 atom stereocenters. The van der Waals surface area contributed by atoms with Crippen LogP contribution in [0.3, 0.4) is 0 Å². The zero-order valence-corrected chi connectivity index (χ0v) is 9.58. The van der Waals surface area contributed by atoms with E-state index >= 15 is 0 Å². The zero-order chi connectivity index (χ0) is 12.3. The first-order chi connectivity index (χ1) is 8.20. The molecule has 3 aliphatic heterocycles. The molecule has 3 heterocycles. The highest BCUT2D eigenvalue weighted by Gasteiger charge is 2.51. The lowest BCUT2D eigenvalue weighted by Gasteiger charge is -2.51. The van der Waals surface area contributed by atoms with Crippen molar-refractivity contribution in [3.05, 3.63) is 0 Å². The number of hydrogen-bond donors (Lipinski definition) is 1. The van der Waals surface area contributed by atoms with Gasteiger partial charge in [-0.3, -0.25) is 4.79 Å². The standard InChI is InChI=1S/C12H16N2O3/c1-2-11(17-13-5-8-15)12(16)9-14-6-3-10(12)4-7-14/h1,5,8,10-11,16H,3-4,6-7,9H2. The Kier molecular flexibility index (Phi) is 3.46. The van der Waals surface area contributed by atoms with E-state index in [1.807, 2.05) is 0 Å². The van der Waals surface area contributed by atoms with Crippen molar-refractivity contribution in [3.63, 3.8) is 0 Å². The second kappa shape index (κ2) is 4.86. The molecule has 5 heteroatoms. The molecule has 1 N–H and O–H groups in total. The molecule has 3 fully saturated rings. The van der Waals surface area contributed by atoms with Crippen LogP contribution in [-0.4, -0.2) is 53.8 Å². The molecule has 0 aromatic heterocycles. The lowest BCUT2D eigenvalue weighted by atomic mass is 9.72. The summed E-state index contributed by atoms with van der Waals surface area (Å²) in [5.74, 6) is 2.58. The van der Waals surface area contributed by atoms with Crippen LogP contribution in [0.1, 0.15) is 12.8 Å². The van der Waals surface area contributed by atoms with Gasteiger partial charge in [-0.1, -0.05) is 11.1 Å². The highest BCUT2D eigenvalue weighted by atomic mass is 16.6. The molecular weight excluding hydrogens is 220 g/mol. The van der Waals surface area contributed by atoms with Crippen molar-refractivity contribution in [1.29, 1.82) is 0 Å². The summed E-state index contributed by atoms with van der Waals surface area (Å²) >= 11 is 0. The van der Waals surface area contributed by atoms with Crippen molar-refractivity contribution in [2.24, 2.45) is 11.1 Å². The highest BCUT2D eigenvalue weighted by molar-refractivity contribution is 6.12. The Labute approximate surface area is 100 Å². The van der Waals surface area contributed by atoms with Crippen LogP contribution >= 0.6 is 0 Å². The fraction of sp³-hybridized carbons (Fsp3) is 0.667. The molecule has 0 aromatic rings. The van der Waals surface area contributed by atoms with Crippen LogP contribution in [-0.2, 0) is 9.63 Å². The van der Waals surface area contributed by atoms with Gasteiger partial charge in [-0.15, -0.1) is 6.42 Å². The van der Waals surface area contributed by atoms with Crippen LogP contribution < -0.4 is 0 Å². The molecule has 0 spiro atoms. The first-order valence-corrected chi connectivity index (χ1v) is 5.74. The van der Waals surface area contributed by atoms with E-state index in [9.17, 15) is 9.90 Å². The first-order valence-electron chi connectivity index (χ1n) is 5.74. The van der Waals surface area contributed by atoms with Gasteiger partial charge in [0.25, 0.3) is 0 Å². The largest absolute Gasteiger partial charge is 0.383 e. The summed E-state index contributed by atoms with van der Waals surface area (Å²) in [6.07, 6.45) is 7.93. The monoisotopic (exact) mass is 236 g/mol. The Bertz CT molecular complexity index is 355. The number of terminal acetylenes is 1. The molecule has 92 valence electrons. The van der Waals surface area contributed by atoms with Crippen LogP contribution in [0.15, 0.2) is 5.16 Å². The third-order valence-corrected chi connectivity index (χ3v) is 3.66. The third kappa shape index (κ3) is 2.19. The number of fused-ring (bicyclic) bond motifs is 3. The second-order valence-electron chi connectivity index (χ2n) is 4.58. The molecule has 0 aromatic carbocycles. The Hall–Kier alpha value is -1.38. The van der Waals surface area contributed by atoms with Crippen molar-refractivity contribution < 1.29 is 14.7 Å². The molecule has 17 heavy (non-hydrogen) atoms. The SMILES string of the molecule is C#CC(ON=CC=O)C1(O)CN2CCC1CC2. The van der Waals surface area contributed by atoms with Gasteiger partial charge in [0.1, 0.15) is 11.8 Å². The van der Waals surface area contributed by atoms with E-state index < -0.39 is 11.7 Å². The normalized spacial score (nSPS) is 37.6. The minimum atomic E-state index is -1.05. The number of carbonyl (C=O) groups is 1. The van der Waals surface area contributed by atoms with E-state index in [1.165, 1.54) is 0 Å². The second-order valence-corrected chi connectivity index (χ2v) is 4.58. The van der Waals surface area contributed by atoms with Gasteiger partial charge in [-0.25, -0.2) is 0 Å². The fourth-order valence-corrected chi connectivity index (χ4v) is 2.76. The molecule has 0 saturated carbocycles. The molecule has 3 rings (SSSR count). The smallest absolute Gasteiger partial charge is 0.217 e. The van der Waals surface area contributed by atoms with Gasteiger partial charge in [-0.2, -0.15) is 0 Å². The number of piperidine rings is 3. The summed E-state index contributed by atoms with van der Waals surface area (Å²) in [6.45, 7) is 2.52. The number of aldehydes is 1. The van der Waals surface area contributed by atoms with E-state index in [0.717, 1.165) is 32.1 Å². The number of oxime groups is 1. The maximum Gasteiger partial charge on any atom is 0.217 e. The quantitative estimate of drug-likeness (QED) is 0.313. The van der Waals surface area contributed by atoms with E-state index in [0.29, 0.717) is 12.8 Å². The van der Waals surface area contributed by atoms with Crippen molar-refractivity contribution in [1.82, 2.24) is 4.90 Å². The molecule has 3 saturated heterocycles. The summed E-state index contributed by atoms with van der Waals surface area (Å²) in [6, 6.07) is 0. The average Bonchev–Trinajstić information content (AvgIpc) is 2.35. The summed E-state index contributed by atoms with van der Waals surface area (Å²) in [5, 5.41) is 14.1. The summed E-state index contributed by atoms with van der Waals surface area (Å²) < 4.78 is 0. The lowest BCUT2D eigenvalue weighted by Crippen LogP contribution is -2.64. The Morgan fingerprint density at radius 3 is 2.76 bits per heavy atom. The van der Waals surface area contributed by atoms with Crippen molar-refractivity contribution >= 4 is 12.5 Å². The van der Waals surface area contributed by atoms with Crippen molar-refractivity contribution in [2.75, 3.05) is 19.6 Å². The van der Waals surface area contributed by atoms with Gasteiger partial charge in [0.2, 0.25) is 6.10 Å². The van der Waals surface area contributed by atoms with Crippen LogP contribution in [0, 0.1) is 18.3 Å². The first kappa shape index (κ1) is 12.1. The zero-order valence-electron chi connectivity index (χ0n) is 9.58. The minimum Gasteiger partial charge on any atom is -0.383 e. The molecule has 0 amide bonds. The maximum atomic E-state index is 10.6. The average molecular weight is 236 g/mol. The topological polar surface area (TPSA) is 62.1 Å². The molecule has 2 unspecified atom stereocenters. The Morgan fingerprint density at radius 2 is 2.29 bits per heavy atom. The number of rotatable bonds is 4. The molecule has 0 aliphatic carbocycles. The molecule has 3 aliphatic rings. The molecular formula is C12H16N2O3. The third-order valence-electron chi connectivity index (χ3n) is 3.66. The van der Waals surface area contributed by atoms with E-state index in [-0.39, 0.29) is 5.92 Å². The van der Waals surface area contributed by atoms with E-state index in [1.54, 1.807) is 0 Å². The van der Waals surface area contributed by atoms with Gasteiger partial charge in [0, 0.05) is 6.54 Å². The maximum absolute atomic E-state index is 10.6. The van der Waals surface area contributed by atoms with Gasteiger partial charge in [0.15, 0.2) is 6.29 Å². The van der Waals surface area contributed by atoms with E-state index in [2.05, 4.69) is 16.0 Å². The van der Waals surface area contributed by atoms with Crippen molar-refractivity contribution in [3.8, 4) is 12.3 Å². The van der Waals surface area contributed by atoms with Crippen molar-refractivity contribution in [2.45, 2.75) is 24.5 Å². The van der Waals surface area contributed by atoms with E-state index in [4.69, 9.17) is 11.3 Å². The molecule has 0 radical (unpaired) electrons. The summed E-state index contributed by atoms with van der Waals surface area (Å²) in [7, 11) is 0. The lowest BCUT2D eigenvalue weighted by molar-refractivity contribution is -0.171. The fourth-order valence-electron chi connectivity index (χ4n) is 2.76. The predicted molar refractivity (Wildman–Crippen MR) is 62.4 cm³/mol. The number of hydrogen-bond acceptors (Lipinski definition) is 5. The minimum absolute atomic E-state index is 0.153. The van der Waals surface area contributed by atoms with Gasteiger partial charge < -0.3 is 14.8 Å². The summed E-state index contributed by atoms with van der Waals surface area (Å²) in [5.41, 5.74) is -1.05. The molecule has 2 bridgehead atoms. The van der Waals surface area contributed by atoms with Crippen LogP contribution in [0.5, 0.6) is 0 Å². The number of carbonyl (C=O) groups excluding carboxylic acids is 1. The van der Waals surface area contributed by atoms with Gasteiger partial charge in [-0.05, 0) is 31.8 Å². The highest BCUT2D eigenvalue weighted by Crippen LogP contribution is 2.38. The van der Waals surface area contributed by atoms with Gasteiger partial charge >= 0.3 is 0 Å². The number of nitrogens with zero attached hydrogens (tertiary/aromatic N) is 2. The van der Waals surface area contributed by atoms with Crippen LogP contribution in [0.2, 0.25) is 0 Å². The molecule has 5 nitrogen and oxygen atoms in total. The van der Waals surface area contributed by atoms with Crippen LogP contribution in [0.4, 0.5) is 0 Å². The number of aliphatic hydroxyl groups is 1. The Balaban J connectivity index is 2.10. The van der Waals surface area contributed by atoms with Crippen LogP contribution in [0.25, 0.3) is 0 Å².